The molecular weight excluding hydrogens is 488 g/mol. The third-order valence-corrected chi connectivity index (χ3v) is 6.78. The van der Waals surface area contributed by atoms with Crippen molar-refractivity contribution in [3.63, 3.8) is 0 Å². The summed E-state index contributed by atoms with van der Waals surface area (Å²) in [6.45, 7) is 2.87. The number of alkyl halides is 3. The van der Waals surface area contributed by atoms with Gasteiger partial charge in [0.15, 0.2) is 0 Å². The molecule has 1 amide bonds. The largest absolute Gasteiger partial charge is 0.573 e. The standard InChI is InChI=1S/C27H32F4N4O2/c1-3-4-8-13-35(2)24-16-22-21(32-25(33-22)17-9-6-5-7-10-17)15-23(24)34-26(36)19-12-11-18(14-20(19)28)37-27(29,30)31/h11-12,14-17H,3-10,13H2,1-2H3,(H,32,33)(H,34,36). The number of imidazole rings is 1. The van der Waals surface area contributed by atoms with E-state index in [9.17, 15) is 22.4 Å². The lowest BCUT2D eigenvalue weighted by Crippen LogP contribution is -2.22. The van der Waals surface area contributed by atoms with Crippen LogP contribution in [-0.4, -0.2) is 35.8 Å². The van der Waals surface area contributed by atoms with Gasteiger partial charge in [0.2, 0.25) is 0 Å². The van der Waals surface area contributed by atoms with Crippen molar-refractivity contribution in [3.8, 4) is 5.75 Å². The average molecular weight is 521 g/mol. The van der Waals surface area contributed by atoms with E-state index in [-0.39, 0.29) is 5.56 Å². The van der Waals surface area contributed by atoms with Gasteiger partial charge in [-0.05, 0) is 43.5 Å². The van der Waals surface area contributed by atoms with Crippen molar-refractivity contribution in [2.45, 2.75) is 70.6 Å². The highest BCUT2D eigenvalue weighted by atomic mass is 19.4. The summed E-state index contributed by atoms with van der Waals surface area (Å²) in [7, 11) is 1.92. The van der Waals surface area contributed by atoms with Crippen LogP contribution in [0.3, 0.4) is 0 Å². The Morgan fingerprint density at radius 3 is 2.59 bits per heavy atom. The van der Waals surface area contributed by atoms with Crippen LogP contribution in [0.1, 0.15) is 80.4 Å². The third kappa shape index (κ3) is 6.72. The van der Waals surface area contributed by atoms with E-state index in [2.05, 4.69) is 22.0 Å². The molecule has 2 N–H and O–H groups in total. The molecule has 0 spiro atoms. The van der Waals surface area contributed by atoms with E-state index in [1.165, 1.54) is 19.3 Å². The number of H-pyrrole nitrogens is 1. The lowest BCUT2D eigenvalue weighted by molar-refractivity contribution is -0.274. The highest BCUT2D eigenvalue weighted by molar-refractivity contribution is 6.07. The number of aromatic nitrogens is 2. The normalized spacial score (nSPS) is 14.6. The van der Waals surface area contributed by atoms with Gasteiger partial charge in [0.1, 0.15) is 17.4 Å². The maximum Gasteiger partial charge on any atom is 0.573 e. The second-order valence-electron chi connectivity index (χ2n) is 9.62. The van der Waals surface area contributed by atoms with E-state index in [0.29, 0.717) is 17.7 Å². The van der Waals surface area contributed by atoms with Crippen LogP contribution >= 0.6 is 0 Å². The molecule has 1 heterocycles. The summed E-state index contributed by atoms with van der Waals surface area (Å²) >= 11 is 0. The Balaban J connectivity index is 1.63. The monoisotopic (exact) mass is 520 g/mol. The van der Waals surface area contributed by atoms with E-state index in [4.69, 9.17) is 4.98 Å². The van der Waals surface area contributed by atoms with Crippen molar-refractivity contribution in [1.82, 2.24) is 9.97 Å². The number of nitrogens with one attached hydrogen (secondary N) is 2. The highest BCUT2D eigenvalue weighted by Crippen LogP contribution is 2.35. The smallest absolute Gasteiger partial charge is 0.406 e. The first-order valence-corrected chi connectivity index (χ1v) is 12.8. The quantitative estimate of drug-likeness (QED) is 0.226. The second kappa shape index (κ2) is 11.4. The number of carbonyl (C=O) groups is 1. The summed E-state index contributed by atoms with van der Waals surface area (Å²) in [5, 5.41) is 2.76. The second-order valence-corrected chi connectivity index (χ2v) is 9.62. The van der Waals surface area contributed by atoms with Gasteiger partial charge in [-0.3, -0.25) is 4.79 Å². The van der Waals surface area contributed by atoms with Crippen LogP contribution in [0.2, 0.25) is 0 Å². The van der Waals surface area contributed by atoms with Crippen molar-refractivity contribution < 1.29 is 27.1 Å². The number of nitrogens with zero attached hydrogens (tertiary/aromatic N) is 2. The molecule has 0 saturated heterocycles. The molecule has 0 radical (unpaired) electrons. The van der Waals surface area contributed by atoms with Gasteiger partial charge in [-0.25, -0.2) is 9.37 Å². The molecule has 200 valence electrons. The number of ether oxygens (including phenoxy) is 1. The highest BCUT2D eigenvalue weighted by Gasteiger charge is 2.31. The van der Waals surface area contributed by atoms with Crippen LogP contribution in [0, 0.1) is 5.82 Å². The molecular formula is C27H32F4N4O2. The van der Waals surface area contributed by atoms with Gasteiger partial charge in [-0.15, -0.1) is 13.2 Å². The number of benzene rings is 2. The van der Waals surface area contributed by atoms with E-state index >= 15 is 0 Å². The predicted molar refractivity (Wildman–Crippen MR) is 136 cm³/mol. The zero-order valence-electron chi connectivity index (χ0n) is 21.1. The zero-order chi connectivity index (χ0) is 26.6. The van der Waals surface area contributed by atoms with Crippen LogP contribution in [-0.2, 0) is 0 Å². The molecule has 1 aromatic heterocycles. The molecule has 0 bridgehead atoms. The van der Waals surface area contributed by atoms with Crippen molar-refractivity contribution in [2.24, 2.45) is 0 Å². The van der Waals surface area contributed by atoms with Gasteiger partial charge in [0, 0.05) is 25.6 Å². The number of rotatable bonds is 9. The molecule has 3 aromatic rings. The summed E-state index contributed by atoms with van der Waals surface area (Å²) in [5.41, 5.74) is 2.36. The molecule has 1 saturated carbocycles. The molecule has 2 aromatic carbocycles. The maximum atomic E-state index is 14.6. The number of aromatic amines is 1. The number of carbonyl (C=O) groups excluding carboxylic acids is 1. The van der Waals surface area contributed by atoms with Gasteiger partial charge in [-0.2, -0.15) is 0 Å². The Labute approximate surface area is 213 Å². The molecule has 1 aliphatic rings. The minimum absolute atomic E-state index is 0.372. The van der Waals surface area contributed by atoms with E-state index in [0.717, 1.165) is 73.3 Å². The SMILES string of the molecule is CCCCCN(C)c1cc2nc(C3CCCCC3)[nH]c2cc1NC(=O)c1ccc(OC(F)(F)F)cc1F. The van der Waals surface area contributed by atoms with Gasteiger partial charge < -0.3 is 19.9 Å². The summed E-state index contributed by atoms with van der Waals surface area (Å²) in [5.74, 6) is -1.31. The number of hydrogen-bond donors (Lipinski definition) is 2. The van der Waals surface area contributed by atoms with E-state index < -0.39 is 23.8 Å². The van der Waals surface area contributed by atoms with Crippen molar-refractivity contribution in [1.29, 1.82) is 0 Å². The van der Waals surface area contributed by atoms with Crippen LogP contribution in [0.4, 0.5) is 28.9 Å². The molecule has 0 aliphatic heterocycles. The lowest BCUT2D eigenvalue weighted by atomic mass is 9.89. The Morgan fingerprint density at radius 1 is 1.16 bits per heavy atom. The van der Waals surface area contributed by atoms with E-state index in [1.54, 1.807) is 6.07 Å². The Kier molecular flexibility index (Phi) is 8.24. The first kappa shape index (κ1) is 26.8. The fraction of sp³-hybridized carbons (Fsp3) is 0.481. The molecule has 10 heteroatoms. The molecule has 0 unspecified atom stereocenters. The summed E-state index contributed by atoms with van der Waals surface area (Å²) < 4.78 is 55.7. The van der Waals surface area contributed by atoms with Gasteiger partial charge >= 0.3 is 6.36 Å². The fourth-order valence-corrected chi connectivity index (χ4v) is 4.84. The fourth-order valence-electron chi connectivity index (χ4n) is 4.84. The number of fused-ring (bicyclic) bond motifs is 1. The first-order chi connectivity index (χ1) is 17.6. The summed E-state index contributed by atoms with van der Waals surface area (Å²) in [6, 6.07) is 6.15. The lowest BCUT2D eigenvalue weighted by Gasteiger charge is -2.23. The number of halogens is 4. The molecule has 6 nitrogen and oxygen atoms in total. The van der Waals surface area contributed by atoms with Gasteiger partial charge in [0.05, 0.1) is 28.0 Å². The van der Waals surface area contributed by atoms with Crippen molar-refractivity contribution in [2.75, 3.05) is 23.8 Å². The Hall–Kier alpha value is -3.30. The molecule has 37 heavy (non-hydrogen) atoms. The summed E-state index contributed by atoms with van der Waals surface area (Å²) in [4.78, 5) is 23.3. The summed E-state index contributed by atoms with van der Waals surface area (Å²) in [6.07, 6.45) is 3.87. The van der Waals surface area contributed by atoms with Crippen molar-refractivity contribution in [3.05, 3.63) is 47.5 Å². The number of amides is 1. The average Bonchev–Trinajstić information content (AvgIpc) is 3.26. The Bertz CT molecular complexity index is 1240. The molecule has 1 fully saturated rings. The third-order valence-electron chi connectivity index (χ3n) is 6.78. The predicted octanol–water partition coefficient (Wildman–Crippen LogP) is 7.53. The zero-order valence-corrected chi connectivity index (χ0v) is 21.1. The van der Waals surface area contributed by atoms with Gasteiger partial charge in [0.25, 0.3) is 5.91 Å². The number of unbranched alkanes of at least 4 members (excludes halogenated alkanes) is 2. The van der Waals surface area contributed by atoms with Crippen molar-refractivity contribution >= 4 is 28.3 Å². The minimum atomic E-state index is -4.95. The molecule has 0 atom stereocenters. The van der Waals surface area contributed by atoms with Gasteiger partial charge in [-0.1, -0.05) is 39.0 Å². The number of anilines is 2. The van der Waals surface area contributed by atoms with Crippen LogP contribution in [0.15, 0.2) is 30.3 Å². The topological polar surface area (TPSA) is 70.2 Å². The van der Waals surface area contributed by atoms with Crippen LogP contribution < -0.4 is 15.0 Å². The maximum absolute atomic E-state index is 14.6. The molecule has 1 aliphatic carbocycles. The van der Waals surface area contributed by atoms with Crippen LogP contribution in [0.25, 0.3) is 11.0 Å². The number of hydrogen-bond acceptors (Lipinski definition) is 4. The Morgan fingerprint density at radius 2 is 1.92 bits per heavy atom. The van der Waals surface area contributed by atoms with E-state index in [1.807, 2.05) is 18.0 Å². The first-order valence-electron chi connectivity index (χ1n) is 12.8. The minimum Gasteiger partial charge on any atom is -0.406 e. The van der Waals surface area contributed by atoms with Crippen LogP contribution in [0.5, 0.6) is 5.75 Å². The molecule has 4 rings (SSSR count).